The van der Waals surface area contributed by atoms with Crippen LogP contribution in [0.25, 0.3) is 0 Å². The lowest BCUT2D eigenvalue weighted by molar-refractivity contribution is -0.264. The molecule has 20 heavy (non-hydrogen) atoms. The van der Waals surface area contributed by atoms with Gasteiger partial charge in [0, 0.05) is 18.4 Å². The predicted molar refractivity (Wildman–Crippen MR) is 71.1 cm³/mol. The molecule has 2 heterocycles. The van der Waals surface area contributed by atoms with E-state index in [-0.39, 0.29) is 5.91 Å². The number of benzene rings is 1. The van der Waals surface area contributed by atoms with Gasteiger partial charge in [-0.1, -0.05) is 5.16 Å². The van der Waals surface area contributed by atoms with Gasteiger partial charge in [-0.15, -0.1) is 0 Å². The van der Waals surface area contributed by atoms with Crippen LogP contribution < -0.4 is 4.74 Å². The van der Waals surface area contributed by atoms with Crippen molar-refractivity contribution < 1.29 is 19.1 Å². The molecule has 2 aliphatic rings. The van der Waals surface area contributed by atoms with Crippen LogP contribution in [0.3, 0.4) is 0 Å². The van der Waals surface area contributed by atoms with Crippen LogP contribution in [0.5, 0.6) is 5.75 Å². The molecular weight excluding hydrogens is 260 g/mol. The van der Waals surface area contributed by atoms with E-state index in [1.807, 2.05) is 31.2 Å². The number of carbonyl (C=O) groups excluding carboxylic acids is 1. The second-order valence-electron chi connectivity index (χ2n) is 4.61. The molecule has 0 aliphatic carbocycles. The second-order valence-corrected chi connectivity index (χ2v) is 4.61. The smallest absolute Gasteiger partial charge is 0.327 e. The number of amidine groups is 1. The first-order valence-corrected chi connectivity index (χ1v) is 6.58. The topological polar surface area (TPSA) is 60.4 Å². The van der Waals surface area contributed by atoms with Gasteiger partial charge >= 0.3 is 5.91 Å². The van der Waals surface area contributed by atoms with E-state index in [4.69, 9.17) is 14.3 Å². The Morgan fingerprint density at radius 2 is 2.15 bits per heavy atom. The summed E-state index contributed by atoms with van der Waals surface area (Å²) in [6.07, 6.45) is 0.887. The zero-order valence-corrected chi connectivity index (χ0v) is 11.5. The summed E-state index contributed by atoms with van der Waals surface area (Å²) in [5, 5.41) is 4.04. The Bertz CT molecular complexity index is 555. The van der Waals surface area contributed by atoms with Gasteiger partial charge in [-0.25, -0.2) is 4.90 Å². The maximum atomic E-state index is 12.1. The quantitative estimate of drug-likeness (QED) is 0.839. The molecule has 1 aromatic carbocycles. The SMILES string of the molecule is CCOC12CCC(=O)N1C(c1ccc(OC)cc1)=NO2. The number of hydrogen-bond donors (Lipinski definition) is 0. The maximum Gasteiger partial charge on any atom is 0.327 e. The molecule has 0 N–H and O–H groups in total. The van der Waals surface area contributed by atoms with Crippen LogP contribution >= 0.6 is 0 Å². The minimum absolute atomic E-state index is 0.0366. The first-order chi connectivity index (χ1) is 9.70. The van der Waals surface area contributed by atoms with Gasteiger partial charge < -0.3 is 14.3 Å². The molecule has 1 atom stereocenters. The lowest BCUT2D eigenvalue weighted by atomic mass is 10.2. The fourth-order valence-electron chi connectivity index (χ4n) is 2.51. The highest BCUT2D eigenvalue weighted by atomic mass is 16.8. The molecule has 0 bridgehead atoms. The lowest BCUT2D eigenvalue weighted by Gasteiger charge is -2.28. The second kappa shape index (κ2) is 4.79. The van der Waals surface area contributed by atoms with E-state index in [2.05, 4.69) is 5.16 Å². The average molecular weight is 276 g/mol. The van der Waals surface area contributed by atoms with Crippen LogP contribution in [0.4, 0.5) is 0 Å². The Morgan fingerprint density at radius 3 is 2.80 bits per heavy atom. The molecular formula is C14H16N2O4. The van der Waals surface area contributed by atoms with Crippen molar-refractivity contribution in [3.05, 3.63) is 29.8 Å². The molecule has 0 saturated carbocycles. The molecule has 1 saturated heterocycles. The largest absolute Gasteiger partial charge is 0.497 e. The number of fused-ring (bicyclic) bond motifs is 1. The van der Waals surface area contributed by atoms with Crippen LogP contribution in [-0.4, -0.2) is 36.3 Å². The third-order valence-corrected chi connectivity index (χ3v) is 3.45. The monoisotopic (exact) mass is 276 g/mol. The van der Waals surface area contributed by atoms with Crippen molar-refractivity contribution in [2.24, 2.45) is 5.16 Å². The molecule has 0 radical (unpaired) electrons. The fraction of sp³-hybridized carbons (Fsp3) is 0.429. The van der Waals surface area contributed by atoms with Crippen LogP contribution in [0, 0.1) is 0 Å². The molecule has 6 nitrogen and oxygen atoms in total. The molecule has 0 aromatic heterocycles. The summed E-state index contributed by atoms with van der Waals surface area (Å²) in [7, 11) is 1.61. The van der Waals surface area contributed by atoms with Gasteiger partial charge in [0.1, 0.15) is 5.75 Å². The Labute approximate surface area is 116 Å². The molecule has 0 spiro atoms. The highest BCUT2D eigenvalue weighted by Crippen LogP contribution is 2.38. The van der Waals surface area contributed by atoms with Crippen molar-refractivity contribution in [3.8, 4) is 5.75 Å². The molecule has 3 rings (SSSR count). The van der Waals surface area contributed by atoms with Gasteiger partial charge in [0.2, 0.25) is 5.91 Å². The summed E-state index contributed by atoms with van der Waals surface area (Å²) in [4.78, 5) is 19.1. The van der Waals surface area contributed by atoms with Gasteiger partial charge in [-0.3, -0.25) is 4.79 Å². The zero-order valence-electron chi connectivity index (χ0n) is 11.5. The van der Waals surface area contributed by atoms with E-state index in [0.29, 0.717) is 25.3 Å². The van der Waals surface area contributed by atoms with Crippen molar-refractivity contribution >= 4 is 11.7 Å². The summed E-state index contributed by atoms with van der Waals surface area (Å²) < 4.78 is 10.7. The normalized spacial score (nSPS) is 24.4. The van der Waals surface area contributed by atoms with E-state index in [0.717, 1.165) is 11.3 Å². The lowest BCUT2D eigenvalue weighted by Crippen LogP contribution is -2.48. The average Bonchev–Trinajstić information content (AvgIpc) is 2.99. The van der Waals surface area contributed by atoms with Crippen LogP contribution in [0.2, 0.25) is 0 Å². The number of oxime groups is 1. The Kier molecular flexibility index (Phi) is 3.10. The molecule has 2 aliphatic heterocycles. The molecule has 1 aromatic rings. The summed E-state index contributed by atoms with van der Waals surface area (Å²) in [6.45, 7) is 2.32. The number of ether oxygens (including phenoxy) is 2. The van der Waals surface area contributed by atoms with Crippen LogP contribution in [-0.2, 0) is 14.4 Å². The van der Waals surface area contributed by atoms with Gasteiger partial charge in [0.15, 0.2) is 5.84 Å². The third kappa shape index (κ3) is 1.84. The van der Waals surface area contributed by atoms with Crippen molar-refractivity contribution in [2.45, 2.75) is 25.7 Å². The molecule has 1 fully saturated rings. The minimum atomic E-state index is -1.05. The Hall–Kier alpha value is -2.08. The van der Waals surface area contributed by atoms with Gasteiger partial charge in [-0.05, 0) is 31.2 Å². The van der Waals surface area contributed by atoms with Crippen LogP contribution in [0.15, 0.2) is 29.4 Å². The van der Waals surface area contributed by atoms with Crippen molar-refractivity contribution in [1.82, 2.24) is 4.90 Å². The number of hydrogen-bond acceptors (Lipinski definition) is 5. The van der Waals surface area contributed by atoms with E-state index in [1.54, 1.807) is 7.11 Å². The van der Waals surface area contributed by atoms with E-state index < -0.39 is 5.91 Å². The van der Waals surface area contributed by atoms with E-state index in [9.17, 15) is 4.79 Å². The predicted octanol–water partition coefficient (Wildman–Crippen LogP) is 1.70. The summed E-state index contributed by atoms with van der Waals surface area (Å²) >= 11 is 0. The number of carbonyl (C=O) groups is 1. The molecule has 1 unspecified atom stereocenters. The van der Waals surface area contributed by atoms with Crippen molar-refractivity contribution in [3.63, 3.8) is 0 Å². The summed E-state index contributed by atoms with van der Waals surface area (Å²) in [5.74, 6) is 0.146. The number of rotatable bonds is 4. The molecule has 6 heteroatoms. The fourth-order valence-corrected chi connectivity index (χ4v) is 2.51. The first-order valence-electron chi connectivity index (χ1n) is 6.58. The number of nitrogens with zero attached hydrogens (tertiary/aromatic N) is 2. The minimum Gasteiger partial charge on any atom is -0.497 e. The first kappa shape index (κ1) is 12.9. The maximum absolute atomic E-state index is 12.1. The molecule has 1 amide bonds. The molecule has 106 valence electrons. The number of amides is 1. The van der Waals surface area contributed by atoms with Gasteiger partial charge in [0.25, 0.3) is 0 Å². The standard InChI is InChI=1S/C14H16N2O4/c1-3-19-14-9-8-12(17)16(14)13(15-20-14)10-4-6-11(18-2)7-5-10/h4-7H,3,8-9H2,1-2H3. The van der Waals surface area contributed by atoms with Crippen molar-refractivity contribution in [2.75, 3.05) is 13.7 Å². The zero-order chi connectivity index (χ0) is 14.2. The van der Waals surface area contributed by atoms with E-state index >= 15 is 0 Å². The van der Waals surface area contributed by atoms with Gasteiger partial charge in [-0.2, -0.15) is 0 Å². The summed E-state index contributed by atoms with van der Waals surface area (Å²) in [6, 6.07) is 7.32. The highest BCUT2D eigenvalue weighted by molar-refractivity contribution is 6.09. The van der Waals surface area contributed by atoms with E-state index in [1.165, 1.54) is 4.90 Å². The highest BCUT2D eigenvalue weighted by Gasteiger charge is 2.55. The summed E-state index contributed by atoms with van der Waals surface area (Å²) in [5.41, 5.74) is 0.794. The third-order valence-electron chi connectivity index (χ3n) is 3.45. The Morgan fingerprint density at radius 1 is 1.40 bits per heavy atom. The Balaban J connectivity index is 1.92. The van der Waals surface area contributed by atoms with Gasteiger partial charge in [0.05, 0.1) is 13.7 Å². The van der Waals surface area contributed by atoms with Crippen LogP contribution in [0.1, 0.15) is 25.3 Å². The number of methoxy groups -OCH3 is 1. The van der Waals surface area contributed by atoms with Crippen molar-refractivity contribution in [1.29, 1.82) is 0 Å².